The molecule has 0 aliphatic rings. The SMILES string of the molecule is CC(O)(CNC(=O)c1ccc(-c2cscn2)cc1)c1ccsc1. The van der Waals surface area contributed by atoms with Crippen LogP contribution < -0.4 is 5.32 Å². The summed E-state index contributed by atoms with van der Waals surface area (Å²) in [5, 5.41) is 19.0. The summed E-state index contributed by atoms with van der Waals surface area (Å²) in [5.41, 5.74) is 3.96. The Morgan fingerprint density at radius 1 is 1.22 bits per heavy atom. The first-order chi connectivity index (χ1) is 11.1. The molecule has 1 atom stereocenters. The number of amides is 1. The first kappa shape index (κ1) is 15.9. The predicted molar refractivity (Wildman–Crippen MR) is 93.8 cm³/mol. The van der Waals surface area contributed by atoms with Crippen molar-refractivity contribution in [2.24, 2.45) is 0 Å². The number of aliphatic hydroxyl groups is 1. The Kier molecular flexibility index (Phi) is 4.56. The molecular formula is C17H16N2O2S2. The normalized spacial score (nSPS) is 13.5. The lowest BCUT2D eigenvalue weighted by Crippen LogP contribution is -2.38. The standard InChI is InChI=1S/C17H16N2O2S2/c1-17(21,14-6-7-22-8-14)10-18-16(20)13-4-2-12(3-5-13)15-9-23-11-19-15/h2-9,11,21H,10H2,1H3,(H,18,20). The third-order valence-electron chi connectivity index (χ3n) is 3.61. The molecule has 4 nitrogen and oxygen atoms in total. The van der Waals surface area contributed by atoms with E-state index in [1.165, 1.54) is 22.7 Å². The second kappa shape index (κ2) is 6.62. The van der Waals surface area contributed by atoms with Crippen LogP contribution in [0, 0.1) is 0 Å². The van der Waals surface area contributed by atoms with Crippen molar-refractivity contribution in [3.63, 3.8) is 0 Å². The highest BCUT2D eigenvalue weighted by Gasteiger charge is 2.24. The highest BCUT2D eigenvalue weighted by atomic mass is 32.1. The third-order valence-corrected chi connectivity index (χ3v) is 4.88. The van der Waals surface area contributed by atoms with Crippen LogP contribution in [-0.4, -0.2) is 22.5 Å². The molecule has 118 valence electrons. The van der Waals surface area contributed by atoms with Crippen LogP contribution in [0.5, 0.6) is 0 Å². The van der Waals surface area contributed by atoms with Crippen molar-refractivity contribution < 1.29 is 9.90 Å². The number of hydrogen-bond acceptors (Lipinski definition) is 5. The molecule has 2 N–H and O–H groups in total. The number of thiophene rings is 1. The van der Waals surface area contributed by atoms with Gasteiger partial charge in [0.25, 0.3) is 5.91 Å². The summed E-state index contributed by atoms with van der Waals surface area (Å²) in [5.74, 6) is -0.203. The Morgan fingerprint density at radius 2 is 2.00 bits per heavy atom. The molecule has 3 rings (SSSR count). The Labute approximate surface area is 142 Å². The second-order valence-corrected chi connectivity index (χ2v) is 6.92. The average Bonchev–Trinajstić information content (AvgIpc) is 3.26. The Hall–Kier alpha value is -2.02. The smallest absolute Gasteiger partial charge is 0.251 e. The lowest BCUT2D eigenvalue weighted by atomic mass is 9.99. The van der Waals surface area contributed by atoms with Gasteiger partial charge in [0.2, 0.25) is 0 Å². The molecule has 0 bridgehead atoms. The molecule has 0 fully saturated rings. The van der Waals surface area contributed by atoms with Gasteiger partial charge in [-0.2, -0.15) is 11.3 Å². The summed E-state index contributed by atoms with van der Waals surface area (Å²) in [6, 6.07) is 9.15. The Bertz CT molecular complexity index is 764. The number of rotatable bonds is 5. The van der Waals surface area contributed by atoms with E-state index in [2.05, 4.69) is 10.3 Å². The second-order valence-electron chi connectivity index (χ2n) is 5.42. The predicted octanol–water partition coefficient (Wildman–Crippen LogP) is 3.51. The molecule has 1 aromatic carbocycles. The summed E-state index contributed by atoms with van der Waals surface area (Å²) in [7, 11) is 0. The number of hydrogen-bond donors (Lipinski definition) is 2. The fourth-order valence-corrected chi connectivity index (χ4v) is 3.52. The molecule has 1 amide bonds. The fraction of sp³-hybridized carbons (Fsp3) is 0.176. The monoisotopic (exact) mass is 344 g/mol. The van der Waals surface area contributed by atoms with Gasteiger partial charge in [-0.1, -0.05) is 12.1 Å². The lowest BCUT2D eigenvalue weighted by Gasteiger charge is -2.22. The molecule has 6 heteroatoms. The molecule has 0 saturated heterocycles. The third kappa shape index (κ3) is 3.67. The molecule has 2 heterocycles. The van der Waals surface area contributed by atoms with E-state index >= 15 is 0 Å². The largest absolute Gasteiger partial charge is 0.384 e. The number of aromatic nitrogens is 1. The van der Waals surface area contributed by atoms with E-state index in [1.54, 1.807) is 24.6 Å². The van der Waals surface area contributed by atoms with Crippen LogP contribution in [0.1, 0.15) is 22.8 Å². The summed E-state index contributed by atoms with van der Waals surface area (Å²) in [6.45, 7) is 1.86. The maximum absolute atomic E-state index is 12.2. The first-order valence-electron chi connectivity index (χ1n) is 7.08. The highest BCUT2D eigenvalue weighted by Crippen LogP contribution is 2.22. The van der Waals surface area contributed by atoms with Crippen molar-refractivity contribution in [1.82, 2.24) is 10.3 Å². The zero-order valence-corrected chi connectivity index (χ0v) is 14.2. The van der Waals surface area contributed by atoms with Gasteiger partial charge in [0, 0.05) is 16.5 Å². The van der Waals surface area contributed by atoms with E-state index in [9.17, 15) is 9.90 Å². The summed E-state index contributed by atoms with van der Waals surface area (Å²) < 4.78 is 0. The zero-order valence-electron chi connectivity index (χ0n) is 12.5. The topological polar surface area (TPSA) is 62.2 Å². The molecule has 23 heavy (non-hydrogen) atoms. The van der Waals surface area contributed by atoms with Crippen LogP contribution in [0.25, 0.3) is 11.3 Å². The van der Waals surface area contributed by atoms with Crippen molar-refractivity contribution >= 4 is 28.6 Å². The number of nitrogens with one attached hydrogen (secondary N) is 1. The van der Waals surface area contributed by atoms with Crippen LogP contribution in [0.2, 0.25) is 0 Å². The molecule has 0 aliphatic heterocycles. The molecule has 3 aromatic rings. The number of benzene rings is 1. The van der Waals surface area contributed by atoms with Crippen molar-refractivity contribution in [2.75, 3.05) is 6.54 Å². The molecule has 0 radical (unpaired) electrons. The van der Waals surface area contributed by atoms with E-state index in [0.29, 0.717) is 5.56 Å². The molecular weight excluding hydrogens is 328 g/mol. The lowest BCUT2D eigenvalue weighted by molar-refractivity contribution is 0.0530. The van der Waals surface area contributed by atoms with Crippen LogP contribution in [0.4, 0.5) is 0 Å². The zero-order chi connectivity index (χ0) is 16.3. The number of thiazole rings is 1. The van der Waals surface area contributed by atoms with E-state index in [0.717, 1.165) is 16.8 Å². The van der Waals surface area contributed by atoms with Gasteiger partial charge in [-0.25, -0.2) is 4.98 Å². The molecule has 0 aliphatic carbocycles. The van der Waals surface area contributed by atoms with Crippen LogP contribution in [0.3, 0.4) is 0 Å². The maximum Gasteiger partial charge on any atom is 0.251 e. The number of carbonyl (C=O) groups is 1. The van der Waals surface area contributed by atoms with Crippen LogP contribution >= 0.6 is 22.7 Å². The van der Waals surface area contributed by atoms with E-state index < -0.39 is 5.60 Å². The minimum atomic E-state index is -1.07. The van der Waals surface area contributed by atoms with Gasteiger partial charge in [0.05, 0.1) is 17.7 Å². The maximum atomic E-state index is 12.2. The Balaban J connectivity index is 1.64. The minimum Gasteiger partial charge on any atom is -0.384 e. The molecule has 1 unspecified atom stereocenters. The summed E-state index contributed by atoms with van der Waals surface area (Å²) in [4.78, 5) is 16.5. The molecule has 0 spiro atoms. The van der Waals surface area contributed by atoms with Gasteiger partial charge < -0.3 is 10.4 Å². The fourth-order valence-electron chi connectivity index (χ4n) is 2.17. The molecule has 2 aromatic heterocycles. The van der Waals surface area contributed by atoms with Gasteiger partial charge in [-0.15, -0.1) is 11.3 Å². The number of carbonyl (C=O) groups excluding carboxylic acids is 1. The highest BCUT2D eigenvalue weighted by molar-refractivity contribution is 7.08. The average molecular weight is 344 g/mol. The van der Waals surface area contributed by atoms with Crippen molar-refractivity contribution in [2.45, 2.75) is 12.5 Å². The van der Waals surface area contributed by atoms with Crippen LogP contribution in [-0.2, 0) is 5.60 Å². The van der Waals surface area contributed by atoms with Gasteiger partial charge in [0.15, 0.2) is 0 Å². The van der Waals surface area contributed by atoms with E-state index in [-0.39, 0.29) is 12.5 Å². The first-order valence-corrected chi connectivity index (χ1v) is 8.97. The quantitative estimate of drug-likeness (QED) is 0.744. The van der Waals surface area contributed by atoms with Gasteiger partial charge in [0.1, 0.15) is 5.60 Å². The van der Waals surface area contributed by atoms with Gasteiger partial charge >= 0.3 is 0 Å². The molecule has 0 saturated carbocycles. The van der Waals surface area contributed by atoms with Gasteiger partial charge in [-0.05, 0) is 41.4 Å². The Morgan fingerprint density at radius 3 is 2.61 bits per heavy atom. The van der Waals surface area contributed by atoms with E-state index in [1.807, 2.05) is 34.3 Å². The number of nitrogens with zero attached hydrogens (tertiary/aromatic N) is 1. The van der Waals surface area contributed by atoms with E-state index in [4.69, 9.17) is 0 Å². The van der Waals surface area contributed by atoms with Crippen LogP contribution in [0.15, 0.2) is 52.0 Å². The van der Waals surface area contributed by atoms with Crippen molar-refractivity contribution in [1.29, 1.82) is 0 Å². The minimum absolute atomic E-state index is 0.163. The summed E-state index contributed by atoms with van der Waals surface area (Å²) in [6.07, 6.45) is 0. The van der Waals surface area contributed by atoms with Crippen molar-refractivity contribution in [3.05, 3.63) is 63.1 Å². The van der Waals surface area contributed by atoms with Gasteiger partial charge in [-0.3, -0.25) is 4.79 Å². The summed E-state index contributed by atoms with van der Waals surface area (Å²) >= 11 is 3.06. The van der Waals surface area contributed by atoms with Crippen molar-refractivity contribution in [3.8, 4) is 11.3 Å².